The molecule has 0 aromatic rings. The van der Waals surface area contributed by atoms with Gasteiger partial charge in [0.2, 0.25) is 0 Å². The largest absolute Gasteiger partial charge is 0.466 e. The lowest BCUT2D eigenvalue weighted by atomic mass is 10.1. The highest BCUT2D eigenvalue weighted by Crippen LogP contribution is 2.04. The van der Waals surface area contributed by atoms with Crippen molar-refractivity contribution in [2.45, 2.75) is 52.4 Å². The minimum absolute atomic E-state index is 0.175. The third-order valence-electron chi connectivity index (χ3n) is 2.19. The van der Waals surface area contributed by atoms with Crippen molar-refractivity contribution in [3.63, 3.8) is 0 Å². The summed E-state index contributed by atoms with van der Waals surface area (Å²) in [4.78, 5) is 10.5. The van der Waals surface area contributed by atoms with Crippen LogP contribution in [-0.2, 0) is 9.53 Å². The maximum absolute atomic E-state index is 10.5. The summed E-state index contributed by atoms with van der Waals surface area (Å²) in [7, 11) is 0. The Morgan fingerprint density at radius 2 is 1.75 bits per heavy atom. The van der Waals surface area contributed by atoms with Crippen molar-refractivity contribution >= 4 is 5.97 Å². The molecule has 2 heteroatoms. The molecule has 0 N–H and O–H groups in total. The molecule has 0 heterocycles. The fourth-order valence-corrected chi connectivity index (χ4v) is 1.32. The third-order valence-corrected chi connectivity index (χ3v) is 2.19. The minimum atomic E-state index is -0.175. The third kappa shape index (κ3) is 12.9. The molecule has 0 radical (unpaired) electrons. The van der Waals surface area contributed by atoms with Crippen LogP contribution in [-0.4, -0.2) is 12.6 Å². The Morgan fingerprint density at radius 1 is 1.06 bits per heavy atom. The average Bonchev–Trinajstić information content (AvgIpc) is 2.25. The molecule has 0 bridgehead atoms. The molecule has 16 heavy (non-hydrogen) atoms. The highest BCUT2D eigenvalue weighted by Gasteiger charge is 1.92. The topological polar surface area (TPSA) is 26.3 Å². The van der Waals surface area contributed by atoms with Crippen LogP contribution in [0.15, 0.2) is 24.3 Å². The van der Waals surface area contributed by atoms with Gasteiger partial charge in [0.15, 0.2) is 0 Å². The summed E-state index contributed by atoms with van der Waals surface area (Å²) in [6.45, 7) is 4.16. The summed E-state index contributed by atoms with van der Waals surface area (Å²) in [5.41, 5.74) is 0. The van der Waals surface area contributed by atoms with Gasteiger partial charge < -0.3 is 4.74 Å². The second-order valence-corrected chi connectivity index (χ2v) is 3.81. The molecule has 2 nitrogen and oxygen atoms in total. The highest BCUT2D eigenvalue weighted by molar-refractivity contribution is 5.65. The van der Waals surface area contributed by atoms with E-state index in [1.165, 1.54) is 19.8 Å². The van der Waals surface area contributed by atoms with Crippen molar-refractivity contribution < 1.29 is 9.53 Å². The van der Waals surface area contributed by atoms with Crippen LogP contribution in [0.1, 0.15) is 52.4 Å². The van der Waals surface area contributed by atoms with Gasteiger partial charge in [0.1, 0.15) is 0 Å². The zero-order valence-electron chi connectivity index (χ0n) is 10.6. The van der Waals surface area contributed by atoms with E-state index in [1.807, 2.05) is 0 Å². The van der Waals surface area contributed by atoms with Gasteiger partial charge in [-0.15, -0.1) is 0 Å². The molecular weight excluding hydrogens is 200 g/mol. The maximum Gasteiger partial charge on any atom is 0.302 e. The summed E-state index contributed by atoms with van der Waals surface area (Å²) in [5, 5.41) is 0. The van der Waals surface area contributed by atoms with Crippen molar-refractivity contribution in [1.29, 1.82) is 0 Å². The van der Waals surface area contributed by atoms with Crippen LogP contribution < -0.4 is 0 Å². The first kappa shape index (κ1) is 14.9. The van der Waals surface area contributed by atoms with Crippen LogP contribution in [0.4, 0.5) is 0 Å². The Morgan fingerprint density at radius 3 is 2.44 bits per heavy atom. The predicted molar refractivity (Wildman–Crippen MR) is 68.3 cm³/mol. The van der Waals surface area contributed by atoms with Gasteiger partial charge in [0.05, 0.1) is 6.61 Å². The number of unbranched alkanes of at least 4 members (excludes halogenated alkanes) is 4. The molecule has 0 unspecified atom stereocenters. The molecular formula is C14H24O2. The Hall–Kier alpha value is -1.05. The molecule has 0 spiro atoms. The Balaban J connectivity index is 3.12. The SMILES string of the molecule is CC/C=C/C=C/CCCCCCOC(C)=O. The number of hydrogen-bond donors (Lipinski definition) is 0. The molecule has 0 rings (SSSR count). The van der Waals surface area contributed by atoms with Gasteiger partial charge in [-0.2, -0.15) is 0 Å². The van der Waals surface area contributed by atoms with Crippen LogP contribution in [0.5, 0.6) is 0 Å². The van der Waals surface area contributed by atoms with E-state index in [4.69, 9.17) is 4.74 Å². The van der Waals surface area contributed by atoms with Crippen LogP contribution in [0.2, 0.25) is 0 Å². The lowest BCUT2D eigenvalue weighted by Crippen LogP contribution is -1.99. The normalized spacial score (nSPS) is 11.4. The minimum Gasteiger partial charge on any atom is -0.466 e. The second-order valence-electron chi connectivity index (χ2n) is 3.81. The van der Waals surface area contributed by atoms with Gasteiger partial charge in [-0.25, -0.2) is 0 Å². The van der Waals surface area contributed by atoms with E-state index in [0.717, 1.165) is 25.7 Å². The molecule has 0 aromatic carbocycles. The Kier molecular flexibility index (Phi) is 11.2. The van der Waals surface area contributed by atoms with Gasteiger partial charge in [-0.3, -0.25) is 4.79 Å². The number of esters is 1. The predicted octanol–water partition coefficient (Wildman–Crippen LogP) is 4.02. The van der Waals surface area contributed by atoms with Gasteiger partial charge in [0.25, 0.3) is 0 Å². The smallest absolute Gasteiger partial charge is 0.302 e. The van der Waals surface area contributed by atoms with Gasteiger partial charge in [0, 0.05) is 6.92 Å². The lowest BCUT2D eigenvalue weighted by Gasteiger charge is -2.00. The van der Waals surface area contributed by atoms with Crippen LogP contribution in [0.3, 0.4) is 0 Å². The lowest BCUT2D eigenvalue weighted by molar-refractivity contribution is -0.141. The van der Waals surface area contributed by atoms with Crippen molar-refractivity contribution in [3.05, 3.63) is 24.3 Å². The standard InChI is InChI=1S/C14H24O2/c1-3-4-5-6-7-8-9-10-11-12-13-16-14(2)15/h4-7H,3,8-13H2,1-2H3/b5-4+,7-6+. The monoisotopic (exact) mass is 224 g/mol. The van der Waals surface area contributed by atoms with E-state index in [2.05, 4.69) is 31.2 Å². The second kappa shape index (κ2) is 12.0. The molecule has 0 aliphatic carbocycles. The zero-order valence-corrected chi connectivity index (χ0v) is 10.6. The van der Waals surface area contributed by atoms with E-state index < -0.39 is 0 Å². The molecule has 0 saturated heterocycles. The summed E-state index contributed by atoms with van der Waals surface area (Å²) >= 11 is 0. The summed E-state index contributed by atoms with van der Waals surface area (Å²) in [6.07, 6.45) is 15.4. The Bertz CT molecular complexity index is 217. The Labute approximate surface area is 99.4 Å². The van der Waals surface area contributed by atoms with Crippen LogP contribution >= 0.6 is 0 Å². The molecule has 0 atom stereocenters. The fraction of sp³-hybridized carbons (Fsp3) is 0.643. The molecule has 0 aliphatic heterocycles. The van der Waals surface area contributed by atoms with E-state index in [0.29, 0.717) is 6.61 Å². The summed E-state index contributed by atoms with van der Waals surface area (Å²) in [6, 6.07) is 0. The number of carbonyl (C=O) groups is 1. The van der Waals surface area contributed by atoms with E-state index in [9.17, 15) is 4.79 Å². The van der Waals surface area contributed by atoms with Crippen LogP contribution in [0.25, 0.3) is 0 Å². The van der Waals surface area contributed by atoms with Crippen LogP contribution in [0, 0.1) is 0 Å². The number of allylic oxidation sites excluding steroid dienone is 4. The first-order valence-corrected chi connectivity index (χ1v) is 6.22. The maximum atomic E-state index is 10.5. The quantitative estimate of drug-likeness (QED) is 0.336. The molecule has 0 fully saturated rings. The van der Waals surface area contributed by atoms with Crippen molar-refractivity contribution in [1.82, 2.24) is 0 Å². The van der Waals surface area contributed by atoms with Crippen molar-refractivity contribution in [2.75, 3.05) is 6.61 Å². The summed E-state index contributed by atoms with van der Waals surface area (Å²) < 4.78 is 4.85. The number of ether oxygens (including phenoxy) is 1. The molecule has 0 saturated carbocycles. The molecule has 0 amide bonds. The van der Waals surface area contributed by atoms with Gasteiger partial charge in [-0.05, 0) is 25.7 Å². The number of hydrogen-bond acceptors (Lipinski definition) is 2. The fourth-order valence-electron chi connectivity index (χ4n) is 1.32. The summed E-state index contributed by atoms with van der Waals surface area (Å²) in [5.74, 6) is -0.175. The van der Waals surface area contributed by atoms with E-state index >= 15 is 0 Å². The average molecular weight is 224 g/mol. The molecule has 92 valence electrons. The van der Waals surface area contributed by atoms with Gasteiger partial charge in [-0.1, -0.05) is 44.1 Å². The number of rotatable bonds is 9. The van der Waals surface area contributed by atoms with E-state index in [1.54, 1.807) is 0 Å². The van der Waals surface area contributed by atoms with Gasteiger partial charge >= 0.3 is 5.97 Å². The van der Waals surface area contributed by atoms with Crippen molar-refractivity contribution in [3.8, 4) is 0 Å². The first-order valence-electron chi connectivity index (χ1n) is 6.22. The zero-order chi connectivity index (χ0) is 12.1. The number of carbonyl (C=O) groups excluding carboxylic acids is 1. The van der Waals surface area contributed by atoms with Crippen molar-refractivity contribution in [2.24, 2.45) is 0 Å². The highest BCUT2D eigenvalue weighted by atomic mass is 16.5. The molecule has 0 aliphatic rings. The molecule has 0 aromatic heterocycles. The van der Waals surface area contributed by atoms with E-state index in [-0.39, 0.29) is 5.97 Å². The first-order chi connectivity index (χ1) is 7.77.